The van der Waals surface area contributed by atoms with Crippen LogP contribution in [0, 0.1) is 0 Å². The van der Waals surface area contributed by atoms with Crippen molar-refractivity contribution in [3.8, 4) is 0 Å². The maximum Gasteiger partial charge on any atom is 0.317 e. The fraction of sp³-hybridized carbons (Fsp3) is 0.833. The predicted molar refractivity (Wildman–Crippen MR) is 72.7 cm³/mol. The average molecular weight is 318 g/mol. The van der Waals surface area contributed by atoms with Gasteiger partial charge in [0, 0.05) is 32.2 Å². The first-order valence-electron chi connectivity index (χ1n) is 6.60. The van der Waals surface area contributed by atoms with Gasteiger partial charge in [0.05, 0.1) is 4.83 Å². The molecule has 0 aromatic heterocycles. The molecular weight excluding hydrogens is 298 g/mol. The van der Waals surface area contributed by atoms with Gasteiger partial charge in [0.1, 0.15) is 0 Å². The van der Waals surface area contributed by atoms with E-state index >= 15 is 0 Å². The number of piperidine rings is 1. The molecule has 1 atom stereocenters. The zero-order valence-corrected chi connectivity index (χ0v) is 12.3. The number of hydrogen-bond donors (Lipinski definition) is 1. The molecule has 2 aliphatic heterocycles. The predicted octanol–water partition coefficient (Wildman–Crippen LogP) is 1.18. The summed E-state index contributed by atoms with van der Waals surface area (Å²) in [5, 5.41) is 2.83. The van der Waals surface area contributed by atoms with E-state index in [4.69, 9.17) is 0 Å². The molecule has 3 amide bonds. The van der Waals surface area contributed by atoms with Crippen LogP contribution in [-0.2, 0) is 4.79 Å². The third kappa shape index (κ3) is 2.79. The van der Waals surface area contributed by atoms with Crippen molar-refractivity contribution in [2.45, 2.75) is 37.1 Å². The number of urea groups is 1. The van der Waals surface area contributed by atoms with E-state index in [1.165, 1.54) is 0 Å². The fourth-order valence-corrected chi connectivity index (χ4v) is 2.89. The Morgan fingerprint density at radius 1 is 1.44 bits per heavy atom. The summed E-state index contributed by atoms with van der Waals surface area (Å²) in [7, 11) is 0. The Labute approximate surface area is 116 Å². The van der Waals surface area contributed by atoms with Gasteiger partial charge in [-0.15, -0.1) is 0 Å². The summed E-state index contributed by atoms with van der Waals surface area (Å²) in [5.74, 6) is 0.182. The zero-order valence-electron chi connectivity index (χ0n) is 10.7. The van der Waals surface area contributed by atoms with Crippen molar-refractivity contribution >= 4 is 27.9 Å². The van der Waals surface area contributed by atoms with Crippen LogP contribution in [0.3, 0.4) is 0 Å². The molecule has 0 radical (unpaired) electrons. The van der Waals surface area contributed by atoms with Crippen LogP contribution < -0.4 is 5.32 Å². The van der Waals surface area contributed by atoms with E-state index in [0.717, 1.165) is 45.4 Å². The first-order valence-corrected chi connectivity index (χ1v) is 7.52. The lowest BCUT2D eigenvalue weighted by atomic mass is 10.0. The van der Waals surface area contributed by atoms with Crippen molar-refractivity contribution in [1.82, 2.24) is 15.1 Å². The number of carbonyl (C=O) groups is 2. The highest BCUT2D eigenvalue weighted by atomic mass is 79.9. The number of likely N-dealkylation sites (tertiary alicyclic amines) is 1. The van der Waals surface area contributed by atoms with Crippen LogP contribution in [0.5, 0.6) is 0 Å². The third-order valence-electron chi connectivity index (χ3n) is 3.73. The van der Waals surface area contributed by atoms with Crippen molar-refractivity contribution in [3.05, 3.63) is 0 Å². The van der Waals surface area contributed by atoms with Gasteiger partial charge in [0.15, 0.2) is 0 Å². The number of alkyl halides is 1. The largest absolute Gasteiger partial charge is 0.342 e. The van der Waals surface area contributed by atoms with Crippen molar-refractivity contribution < 1.29 is 9.59 Å². The Morgan fingerprint density at radius 3 is 2.61 bits per heavy atom. The minimum Gasteiger partial charge on any atom is -0.342 e. The van der Waals surface area contributed by atoms with Gasteiger partial charge in [0.2, 0.25) is 5.91 Å². The molecule has 0 bridgehead atoms. The van der Waals surface area contributed by atoms with E-state index in [1.807, 2.05) is 16.7 Å². The Kier molecular flexibility index (Phi) is 4.48. The summed E-state index contributed by atoms with van der Waals surface area (Å²) in [6.07, 6.45) is 2.60. The number of carbonyl (C=O) groups excluding carboxylic acids is 2. The monoisotopic (exact) mass is 317 g/mol. The van der Waals surface area contributed by atoms with Crippen molar-refractivity contribution in [3.63, 3.8) is 0 Å². The van der Waals surface area contributed by atoms with E-state index in [2.05, 4.69) is 21.2 Å². The van der Waals surface area contributed by atoms with E-state index < -0.39 is 0 Å². The van der Waals surface area contributed by atoms with Gasteiger partial charge in [0.25, 0.3) is 0 Å². The summed E-state index contributed by atoms with van der Waals surface area (Å²) in [5.41, 5.74) is 0. The summed E-state index contributed by atoms with van der Waals surface area (Å²) in [4.78, 5) is 27.3. The van der Waals surface area contributed by atoms with Crippen molar-refractivity contribution in [2.75, 3.05) is 26.2 Å². The van der Waals surface area contributed by atoms with Gasteiger partial charge in [-0.1, -0.05) is 22.9 Å². The smallest absolute Gasteiger partial charge is 0.317 e. The van der Waals surface area contributed by atoms with Crippen LogP contribution in [0.25, 0.3) is 0 Å². The topological polar surface area (TPSA) is 52.7 Å². The van der Waals surface area contributed by atoms with Gasteiger partial charge < -0.3 is 15.1 Å². The zero-order chi connectivity index (χ0) is 13.1. The van der Waals surface area contributed by atoms with Gasteiger partial charge in [-0.05, 0) is 19.3 Å². The molecule has 2 saturated heterocycles. The van der Waals surface area contributed by atoms with Crippen LogP contribution in [0.1, 0.15) is 26.2 Å². The molecule has 0 saturated carbocycles. The molecule has 1 N–H and O–H groups in total. The number of amides is 3. The van der Waals surface area contributed by atoms with E-state index in [0.29, 0.717) is 6.04 Å². The van der Waals surface area contributed by atoms with Crippen molar-refractivity contribution in [1.29, 1.82) is 0 Å². The van der Waals surface area contributed by atoms with Crippen LogP contribution in [-0.4, -0.2) is 58.8 Å². The van der Waals surface area contributed by atoms with E-state index in [9.17, 15) is 9.59 Å². The number of nitrogens with one attached hydrogen (secondary N) is 1. The van der Waals surface area contributed by atoms with Gasteiger partial charge in [-0.2, -0.15) is 0 Å². The highest BCUT2D eigenvalue weighted by molar-refractivity contribution is 9.10. The number of hydrogen-bond acceptors (Lipinski definition) is 2. The molecular formula is C12H20BrN3O2. The number of nitrogens with zero attached hydrogens (tertiary/aromatic N) is 2. The second kappa shape index (κ2) is 5.91. The molecule has 5 nitrogen and oxygen atoms in total. The standard InChI is InChI=1S/C12H20BrN3O2/c1-2-10(13)11(17)15-6-3-9(4-7-15)16-8-5-14-12(16)18/h9-10H,2-8H2,1H3,(H,14,18). The molecule has 0 spiro atoms. The molecule has 18 heavy (non-hydrogen) atoms. The minimum atomic E-state index is -0.0656. The molecule has 1 unspecified atom stereocenters. The maximum atomic E-state index is 12.0. The Balaban J connectivity index is 1.84. The molecule has 2 aliphatic rings. The lowest BCUT2D eigenvalue weighted by molar-refractivity contribution is -0.131. The highest BCUT2D eigenvalue weighted by Crippen LogP contribution is 2.20. The lowest BCUT2D eigenvalue weighted by Gasteiger charge is -2.36. The molecule has 2 rings (SSSR count). The SMILES string of the molecule is CCC(Br)C(=O)N1CCC(N2CCNC2=O)CC1. The molecule has 102 valence electrons. The summed E-state index contributed by atoms with van der Waals surface area (Å²) in [6.45, 7) is 5.06. The molecule has 0 aromatic rings. The van der Waals surface area contributed by atoms with Crippen LogP contribution in [0.15, 0.2) is 0 Å². The van der Waals surface area contributed by atoms with Gasteiger partial charge in [-0.3, -0.25) is 4.79 Å². The highest BCUT2D eigenvalue weighted by Gasteiger charge is 2.32. The number of rotatable bonds is 3. The Bertz CT molecular complexity index is 329. The molecule has 0 aromatic carbocycles. The quantitative estimate of drug-likeness (QED) is 0.795. The van der Waals surface area contributed by atoms with E-state index in [-0.39, 0.29) is 16.8 Å². The Hall–Kier alpha value is -0.780. The second-order valence-electron chi connectivity index (χ2n) is 4.86. The van der Waals surface area contributed by atoms with Gasteiger partial charge >= 0.3 is 6.03 Å². The number of halogens is 1. The summed E-state index contributed by atoms with van der Waals surface area (Å²) in [6, 6.07) is 0.346. The van der Waals surface area contributed by atoms with Crippen LogP contribution in [0.4, 0.5) is 4.79 Å². The average Bonchev–Trinajstić information content (AvgIpc) is 2.83. The van der Waals surface area contributed by atoms with Crippen LogP contribution >= 0.6 is 15.9 Å². The Morgan fingerprint density at radius 2 is 2.11 bits per heavy atom. The summed E-state index contributed by atoms with van der Waals surface area (Å²) >= 11 is 3.40. The maximum absolute atomic E-state index is 12.0. The molecule has 6 heteroatoms. The normalized spacial score (nSPS) is 23.1. The van der Waals surface area contributed by atoms with E-state index in [1.54, 1.807) is 0 Å². The fourth-order valence-electron chi connectivity index (χ4n) is 2.61. The lowest BCUT2D eigenvalue weighted by Crippen LogP contribution is -2.49. The molecule has 0 aliphatic carbocycles. The molecule has 2 heterocycles. The molecule has 2 fully saturated rings. The minimum absolute atomic E-state index is 0.0479. The van der Waals surface area contributed by atoms with Gasteiger partial charge in [-0.25, -0.2) is 4.79 Å². The second-order valence-corrected chi connectivity index (χ2v) is 5.96. The first-order chi connectivity index (χ1) is 8.63. The third-order valence-corrected chi connectivity index (χ3v) is 4.77. The first kappa shape index (κ1) is 13.6. The summed E-state index contributed by atoms with van der Waals surface area (Å²) < 4.78 is 0. The van der Waals surface area contributed by atoms with Crippen LogP contribution in [0.2, 0.25) is 0 Å². The van der Waals surface area contributed by atoms with Crippen molar-refractivity contribution in [2.24, 2.45) is 0 Å².